The normalized spacial score (nSPS) is 16.0. The third-order valence-corrected chi connectivity index (χ3v) is 4.65. The van der Waals surface area contributed by atoms with Crippen molar-refractivity contribution in [3.8, 4) is 0 Å². The molecule has 3 amide bonds. The highest BCUT2D eigenvalue weighted by Crippen LogP contribution is 2.21. The Morgan fingerprint density at radius 2 is 1.73 bits per heavy atom. The summed E-state index contributed by atoms with van der Waals surface area (Å²) < 4.78 is 0. The highest BCUT2D eigenvalue weighted by molar-refractivity contribution is 5.85. The molecular weight excluding hydrogens is 304 g/mol. The summed E-state index contributed by atoms with van der Waals surface area (Å²) >= 11 is 0. The van der Waals surface area contributed by atoms with E-state index in [0.717, 1.165) is 25.7 Å². The summed E-state index contributed by atoms with van der Waals surface area (Å²) in [5.74, 6) is 0.0707. The molecule has 6 nitrogen and oxygen atoms in total. The third kappa shape index (κ3) is 5.02. The standard InChI is InChI=1S/C15H30N4O2.ClH/c1-5-15(6-2,11-16)17-13(20)12-7-9-19(10-8-12)14(21)18(3)4;/h12H,5-11,16H2,1-4H3,(H,17,20);1H. The van der Waals surface area contributed by atoms with Gasteiger partial charge in [0, 0.05) is 39.6 Å². The molecule has 0 aromatic rings. The van der Waals surface area contributed by atoms with Crippen LogP contribution in [0.1, 0.15) is 39.5 Å². The quantitative estimate of drug-likeness (QED) is 0.798. The fourth-order valence-corrected chi connectivity index (χ4v) is 2.75. The lowest BCUT2D eigenvalue weighted by molar-refractivity contribution is -0.128. The Kier molecular flexibility index (Phi) is 8.78. The molecule has 0 spiro atoms. The van der Waals surface area contributed by atoms with Gasteiger partial charge in [0.25, 0.3) is 0 Å². The SMILES string of the molecule is CCC(CC)(CN)NC(=O)C1CCN(C(=O)N(C)C)CC1.Cl. The molecule has 0 aromatic heterocycles. The number of amides is 3. The van der Waals surface area contributed by atoms with Crippen molar-refractivity contribution in [1.29, 1.82) is 0 Å². The van der Waals surface area contributed by atoms with Gasteiger partial charge in [0.05, 0.1) is 5.54 Å². The summed E-state index contributed by atoms with van der Waals surface area (Å²) in [6, 6.07) is 0.0206. The number of likely N-dealkylation sites (tertiary alicyclic amines) is 1. The van der Waals surface area contributed by atoms with Gasteiger partial charge in [0.2, 0.25) is 5.91 Å². The molecule has 22 heavy (non-hydrogen) atoms. The molecule has 0 aromatic carbocycles. The number of hydrogen-bond acceptors (Lipinski definition) is 3. The number of rotatable bonds is 5. The molecule has 1 rings (SSSR count). The first-order chi connectivity index (χ1) is 9.89. The Bertz CT molecular complexity index is 356. The zero-order chi connectivity index (χ0) is 16.0. The van der Waals surface area contributed by atoms with Crippen LogP contribution < -0.4 is 11.1 Å². The topological polar surface area (TPSA) is 78.7 Å². The average molecular weight is 335 g/mol. The molecule has 0 atom stereocenters. The van der Waals surface area contributed by atoms with Gasteiger partial charge in [-0.25, -0.2) is 4.79 Å². The van der Waals surface area contributed by atoms with E-state index in [4.69, 9.17) is 5.73 Å². The van der Waals surface area contributed by atoms with E-state index in [0.29, 0.717) is 19.6 Å². The summed E-state index contributed by atoms with van der Waals surface area (Å²) in [5, 5.41) is 3.14. The van der Waals surface area contributed by atoms with Gasteiger partial charge in [0.1, 0.15) is 0 Å². The van der Waals surface area contributed by atoms with E-state index in [9.17, 15) is 9.59 Å². The van der Waals surface area contributed by atoms with Crippen LogP contribution in [0, 0.1) is 5.92 Å². The third-order valence-electron chi connectivity index (χ3n) is 4.65. The van der Waals surface area contributed by atoms with Crippen molar-refractivity contribution in [3.63, 3.8) is 0 Å². The predicted octanol–water partition coefficient (Wildman–Crippen LogP) is 1.44. The van der Waals surface area contributed by atoms with Crippen molar-refractivity contribution in [2.45, 2.75) is 45.1 Å². The smallest absolute Gasteiger partial charge is 0.319 e. The monoisotopic (exact) mass is 334 g/mol. The molecule has 130 valence electrons. The number of halogens is 1. The molecule has 1 fully saturated rings. The van der Waals surface area contributed by atoms with Gasteiger partial charge >= 0.3 is 6.03 Å². The molecular formula is C15H31ClN4O2. The molecule has 1 heterocycles. The van der Waals surface area contributed by atoms with Crippen molar-refractivity contribution in [1.82, 2.24) is 15.1 Å². The minimum atomic E-state index is -0.284. The second kappa shape index (κ2) is 9.20. The minimum absolute atomic E-state index is 0. The molecule has 3 N–H and O–H groups in total. The first-order valence-corrected chi connectivity index (χ1v) is 7.87. The van der Waals surface area contributed by atoms with Crippen molar-refractivity contribution >= 4 is 24.3 Å². The highest BCUT2D eigenvalue weighted by Gasteiger charge is 2.32. The summed E-state index contributed by atoms with van der Waals surface area (Å²) in [6.45, 7) is 5.85. The number of carbonyl (C=O) groups is 2. The van der Waals surface area contributed by atoms with Gasteiger partial charge in [-0.1, -0.05) is 13.8 Å². The van der Waals surface area contributed by atoms with Crippen LogP contribution in [0.15, 0.2) is 0 Å². The summed E-state index contributed by atoms with van der Waals surface area (Å²) in [5.41, 5.74) is 5.54. The zero-order valence-corrected chi connectivity index (χ0v) is 15.0. The number of nitrogens with two attached hydrogens (primary N) is 1. The molecule has 0 aliphatic carbocycles. The number of nitrogens with zero attached hydrogens (tertiary/aromatic N) is 2. The van der Waals surface area contributed by atoms with E-state index < -0.39 is 0 Å². The fraction of sp³-hybridized carbons (Fsp3) is 0.867. The number of piperidine rings is 1. The second-order valence-corrected chi connectivity index (χ2v) is 6.12. The van der Waals surface area contributed by atoms with Crippen LogP contribution in [0.2, 0.25) is 0 Å². The maximum Gasteiger partial charge on any atom is 0.319 e. The summed E-state index contributed by atoms with van der Waals surface area (Å²) in [6.07, 6.45) is 3.12. The lowest BCUT2D eigenvalue weighted by Gasteiger charge is -2.36. The van der Waals surface area contributed by atoms with E-state index in [1.165, 1.54) is 0 Å². The molecule has 0 unspecified atom stereocenters. The molecule has 0 radical (unpaired) electrons. The highest BCUT2D eigenvalue weighted by atomic mass is 35.5. The number of hydrogen-bond donors (Lipinski definition) is 2. The van der Waals surface area contributed by atoms with Gasteiger partial charge in [-0.2, -0.15) is 0 Å². The van der Waals surface area contributed by atoms with Crippen LogP contribution in [0.25, 0.3) is 0 Å². The number of urea groups is 1. The van der Waals surface area contributed by atoms with Crippen LogP contribution in [0.3, 0.4) is 0 Å². The van der Waals surface area contributed by atoms with E-state index in [2.05, 4.69) is 19.2 Å². The molecule has 7 heteroatoms. The van der Waals surface area contributed by atoms with E-state index in [-0.39, 0.29) is 35.8 Å². The minimum Gasteiger partial charge on any atom is -0.349 e. The van der Waals surface area contributed by atoms with Gasteiger partial charge in [-0.3, -0.25) is 4.79 Å². The van der Waals surface area contributed by atoms with Crippen LogP contribution in [-0.4, -0.2) is 61.0 Å². The van der Waals surface area contributed by atoms with Gasteiger partial charge in [-0.05, 0) is 25.7 Å². The van der Waals surface area contributed by atoms with Crippen molar-refractivity contribution in [2.75, 3.05) is 33.7 Å². The zero-order valence-electron chi connectivity index (χ0n) is 14.2. The summed E-state index contributed by atoms with van der Waals surface area (Å²) in [7, 11) is 3.50. The van der Waals surface area contributed by atoms with Gasteiger partial charge in [-0.15, -0.1) is 12.4 Å². The first kappa shape index (κ1) is 21.0. The van der Waals surface area contributed by atoms with Crippen LogP contribution in [0.4, 0.5) is 4.79 Å². The van der Waals surface area contributed by atoms with E-state index in [1.807, 2.05) is 0 Å². The Morgan fingerprint density at radius 1 is 1.23 bits per heavy atom. The molecule has 1 saturated heterocycles. The van der Waals surface area contributed by atoms with Crippen LogP contribution >= 0.6 is 12.4 Å². The lowest BCUT2D eigenvalue weighted by atomic mass is 9.90. The van der Waals surface area contributed by atoms with E-state index in [1.54, 1.807) is 23.9 Å². The van der Waals surface area contributed by atoms with Crippen molar-refractivity contribution < 1.29 is 9.59 Å². The largest absolute Gasteiger partial charge is 0.349 e. The molecule has 0 bridgehead atoms. The van der Waals surface area contributed by atoms with Gasteiger partial charge < -0.3 is 20.9 Å². The fourth-order valence-electron chi connectivity index (χ4n) is 2.75. The number of carbonyl (C=O) groups excluding carboxylic acids is 2. The molecule has 1 aliphatic heterocycles. The van der Waals surface area contributed by atoms with Crippen molar-refractivity contribution in [3.05, 3.63) is 0 Å². The van der Waals surface area contributed by atoms with Gasteiger partial charge in [0.15, 0.2) is 0 Å². The Labute approximate surface area is 140 Å². The number of nitrogens with one attached hydrogen (secondary N) is 1. The maximum atomic E-state index is 12.4. The van der Waals surface area contributed by atoms with Crippen LogP contribution in [0.5, 0.6) is 0 Å². The maximum absolute atomic E-state index is 12.4. The Balaban J connectivity index is 0.00000441. The van der Waals surface area contributed by atoms with Crippen LogP contribution in [-0.2, 0) is 4.79 Å². The Hall–Kier alpha value is -1.01. The Morgan fingerprint density at radius 3 is 2.09 bits per heavy atom. The predicted molar refractivity (Wildman–Crippen MR) is 91.1 cm³/mol. The molecule has 0 saturated carbocycles. The first-order valence-electron chi connectivity index (χ1n) is 7.87. The second-order valence-electron chi connectivity index (χ2n) is 6.12. The van der Waals surface area contributed by atoms with E-state index >= 15 is 0 Å². The average Bonchev–Trinajstić information content (AvgIpc) is 2.52. The van der Waals surface area contributed by atoms with Crippen molar-refractivity contribution in [2.24, 2.45) is 11.7 Å². The lowest BCUT2D eigenvalue weighted by Crippen LogP contribution is -2.55. The summed E-state index contributed by atoms with van der Waals surface area (Å²) in [4.78, 5) is 27.7. The molecule has 1 aliphatic rings.